The summed E-state index contributed by atoms with van der Waals surface area (Å²) in [6.45, 7) is -0.170. The molecule has 0 heterocycles. The van der Waals surface area contributed by atoms with Crippen LogP contribution in [0.3, 0.4) is 0 Å². The molecule has 0 bridgehead atoms. The summed E-state index contributed by atoms with van der Waals surface area (Å²) in [7, 11) is 0. The molecular weight excluding hydrogens is 133 g/mol. The largest absolute Gasteiger partial charge is 0.480 e. The fraction of sp³-hybridized carbons (Fsp3) is 0.667. The maximum absolute atomic E-state index is 9.83. The van der Waals surface area contributed by atoms with Crippen molar-refractivity contribution < 1.29 is 14.2 Å². The van der Waals surface area contributed by atoms with Gasteiger partial charge in [0.25, 0.3) is 0 Å². The number of carboxylic acid groups (broad SMARTS) is 1. The quantitative estimate of drug-likeness (QED) is 0.557. The fourth-order valence-corrected chi connectivity index (χ4v) is 0.275. The van der Waals surface area contributed by atoms with Crippen molar-refractivity contribution in [1.29, 1.82) is 0 Å². The van der Waals surface area contributed by atoms with Gasteiger partial charge in [0, 0.05) is 0 Å². The molecule has 0 saturated heterocycles. The summed E-state index contributed by atoms with van der Waals surface area (Å²) in [6.07, 6.45) is 0. The molecule has 0 aliphatic carbocycles. The van der Waals surface area contributed by atoms with Crippen LogP contribution < -0.4 is 5.73 Å². The number of halogens is 1. The predicted octanol–water partition coefficient (Wildman–Crippen LogP) is -0.431. The lowest BCUT2D eigenvalue weighted by Crippen LogP contribution is -2.33. The minimum absolute atomic E-state index is 0.170. The minimum atomic E-state index is -1.12. The minimum Gasteiger partial charge on any atom is -0.480 e. The topological polar surface area (TPSA) is 72.5 Å². The van der Waals surface area contributed by atoms with Crippen molar-refractivity contribution in [1.82, 2.24) is 0 Å². The summed E-state index contributed by atoms with van der Waals surface area (Å²) in [5.41, 5.74) is 4.92. The van der Waals surface area contributed by atoms with Crippen LogP contribution in [-0.4, -0.2) is 23.7 Å². The van der Waals surface area contributed by atoms with Crippen LogP contribution in [0.4, 0.5) is 0 Å². The second-order valence-electron chi connectivity index (χ2n) is 1.22. The molecular formula is C3H6ClNO3. The first-order chi connectivity index (χ1) is 3.68. The number of carboxylic acids is 1. The molecule has 1 atom stereocenters. The molecule has 5 heteroatoms. The molecule has 0 aromatic heterocycles. The van der Waals surface area contributed by atoms with E-state index in [9.17, 15) is 4.79 Å². The summed E-state index contributed by atoms with van der Waals surface area (Å²) >= 11 is 4.70. The van der Waals surface area contributed by atoms with Gasteiger partial charge in [0.2, 0.25) is 0 Å². The second kappa shape index (κ2) is 3.65. The highest BCUT2D eigenvalue weighted by Crippen LogP contribution is 1.83. The Kier molecular flexibility index (Phi) is 3.51. The summed E-state index contributed by atoms with van der Waals surface area (Å²) in [4.78, 5) is 9.83. The van der Waals surface area contributed by atoms with E-state index in [1.807, 2.05) is 0 Å². The first-order valence-electron chi connectivity index (χ1n) is 1.90. The van der Waals surface area contributed by atoms with Gasteiger partial charge in [0.05, 0.1) is 18.5 Å². The van der Waals surface area contributed by atoms with E-state index in [-0.39, 0.29) is 6.61 Å². The third-order valence-electron chi connectivity index (χ3n) is 0.560. The molecule has 0 saturated carbocycles. The third-order valence-corrected chi connectivity index (χ3v) is 0.686. The zero-order valence-corrected chi connectivity index (χ0v) is 4.76. The predicted molar refractivity (Wildman–Crippen MR) is 27.4 cm³/mol. The van der Waals surface area contributed by atoms with Gasteiger partial charge >= 0.3 is 5.97 Å². The number of nitrogens with two attached hydrogens (primary N) is 1. The molecule has 0 unspecified atom stereocenters. The molecule has 0 amide bonds. The average Bonchev–Trinajstić information content (AvgIpc) is 1.67. The highest BCUT2D eigenvalue weighted by molar-refractivity contribution is 6.07. The molecule has 0 aromatic rings. The molecule has 0 rings (SSSR count). The van der Waals surface area contributed by atoms with E-state index >= 15 is 0 Å². The lowest BCUT2D eigenvalue weighted by molar-refractivity contribution is -0.139. The monoisotopic (exact) mass is 139 g/mol. The lowest BCUT2D eigenvalue weighted by atomic mass is 10.3. The zero-order chi connectivity index (χ0) is 6.57. The Bertz CT molecular complexity index is 86.6. The van der Waals surface area contributed by atoms with Crippen LogP contribution >= 0.6 is 11.9 Å². The van der Waals surface area contributed by atoms with Gasteiger partial charge in [-0.2, -0.15) is 0 Å². The van der Waals surface area contributed by atoms with E-state index in [1.54, 1.807) is 0 Å². The first-order valence-corrected chi connectivity index (χ1v) is 2.21. The Balaban J connectivity index is 3.32. The van der Waals surface area contributed by atoms with Gasteiger partial charge in [0.1, 0.15) is 6.04 Å². The van der Waals surface area contributed by atoms with Crippen molar-refractivity contribution in [3.63, 3.8) is 0 Å². The first kappa shape index (κ1) is 7.68. The van der Waals surface area contributed by atoms with Crippen molar-refractivity contribution in [2.75, 3.05) is 6.61 Å². The number of hydrogen-bond acceptors (Lipinski definition) is 3. The highest BCUT2D eigenvalue weighted by atomic mass is 35.5. The molecule has 0 fully saturated rings. The van der Waals surface area contributed by atoms with Gasteiger partial charge in [-0.25, -0.2) is 0 Å². The molecule has 0 spiro atoms. The van der Waals surface area contributed by atoms with Crippen LogP contribution in [0.1, 0.15) is 0 Å². The SMILES string of the molecule is N[C@@H](COCl)C(=O)O. The van der Waals surface area contributed by atoms with Crippen LogP contribution in [0.5, 0.6) is 0 Å². The number of rotatable bonds is 3. The molecule has 4 nitrogen and oxygen atoms in total. The second-order valence-corrected chi connectivity index (χ2v) is 1.44. The smallest absolute Gasteiger partial charge is 0.322 e. The molecule has 0 aromatic carbocycles. The van der Waals surface area contributed by atoms with E-state index in [0.29, 0.717) is 0 Å². The average molecular weight is 140 g/mol. The van der Waals surface area contributed by atoms with E-state index < -0.39 is 12.0 Å². The van der Waals surface area contributed by atoms with Crippen LogP contribution in [0, 0.1) is 0 Å². The summed E-state index contributed by atoms with van der Waals surface area (Å²) in [6, 6.07) is -1.02. The molecule has 0 aliphatic rings. The zero-order valence-electron chi connectivity index (χ0n) is 4.00. The van der Waals surface area contributed by atoms with Gasteiger partial charge in [0.15, 0.2) is 0 Å². The maximum atomic E-state index is 9.83. The van der Waals surface area contributed by atoms with E-state index in [2.05, 4.69) is 4.29 Å². The Morgan fingerprint density at radius 1 is 2.00 bits per heavy atom. The standard InChI is InChI=1S/C3H6ClNO3/c4-8-1-2(5)3(6)7/h2H,1,5H2,(H,6,7)/t2-/m0/s1. The van der Waals surface area contributed by atoms with E-state index in [1.165, 1.54) is 0 Å². The van der Waals surface area contributed by atoms with Crippen LogP contribution in [0.15, 0.2) is 0 Å². The molecule has 48 valence electrons. The van der Waals surface area contributed by atoms with Crippen molar-refractivity contribution in [3.8, 4) is 0 Å². The van der Waals surface area contributed by atoms with Crippen molar-refractivity contribution >= 4 is 17.8 Å². The summed E-state index contributed by atoms with van der Waals surface area (Å²) in [5, 5.41) is 8.05. The molecule has 3 N–H and O–H groups in total. The summed E-state index contributed by atoms with van der Waals surface area (Å²) in [5.74, 6) is -1.12. The molecule has 8 heavy (non-hydrogen) atoms. The van der Waals surface area contributed by atoms with Gasteiger partial charge in [-0.3, -0.25) is 9.08 Å². The van der Waals surface area contributed by atoms with Gasteiger partial charge < -0.3 is 10.8 Å². The Labute approximate surface area is 51.4 Å². The van der Waals surface area contributed by atoms with Crippen molar-refractivity contribution in [3.05, 3.63) is 0 Å². The molecule has 0 radical (unpaired) electrons. The number of carbonyl (C=O) groups is 1. The van der Waals surface area contributed by atoms with E-state index in [4.69, 9.17) is 22.7 Å². The normalized spacial score (nSPS) is 13.2. The van der Waals surface area contributed by atoms with Crippen LogP contribution in [0.25, 0.3) is 0 Å². The third kappa shape index (κ3) is 2.79. The van der Waals surface area contributed by atoms with Gasteiger partial charge in [-0.15, -0.1) is 0 Å². The lowest BCUT2D eigenvalue weighted by Gasteiger charge is -1.99. The van der Waals surface area contributed by atoms with Crippen molar-refractivity contribution in [2.45, 2.75) is 6.04 Å². The Morgan fingerprint density at radius 2 is 2.50 bits per heavy atom. The fourth-order valence-electron chi connectivity index (χ4n) is 0.139. The maximum Gasteiger partial charge on any atom is 0.322 e. The van der Waals surface area contributed by atoms with Crippen LogP contribution in [0.2, 0.25) is 0 Å². The Hall–Kier alpha value is -0.320. The number of aliphatic carboxylic acids is 1. The van der Waals surface area contributed by atoms with E-state index in [0.717, 1.165) is 0 Å². The summed E-state index contributed by atoms with van der Waals surface area (Å²) < 4.78 is 3.93. The molecule has 0 aliphatic heterocycles. The van der Waals surface area contributed by atoms with Crippen LogP contribution in [-0.2, 0) is 9.08 Å². The van der Waals surface area contributed by atoms with Gasteiger partial charge in [-0.1, -0.05) is 0 Å². The number of hydrogen-bond donors (Lipinski definition) is 2. The van der Waals surface area contributed by atoms with Crippen molar-refractivity contribution in [2.24, 2.45) is 5.73 Å². The highest BCUT2D eigenvalue weighted by Gasteiger charge is 2.09. The van der Waals surface area contributed by atoms with Gasteiger partial charge in [-0.05, 0) is 0 Å². The Morgan fingerprint density at radius 3 is 2.62 bits per heavy atom.